The third-order valence-corrected chi connectivity index (χ3v) is 3.70. The summed E-state index contributed by atoms with van der Waals surface area (Å²) in [4.78, 5) is 12.0. The molecule has 122 valence electrons. The lowest BCUT2D eigenvalue weighted by Gasteiger charge is -2.12. The predicted molar refractivity (Wildman–Crippen MR) is 93.7 cm³/mol. The zero-order valence-corrected chi connectivity index (χ0v) is 14.1. The summed E-state index contributed by atoms with van der Waals surface area (Å²) in [5, 5.41) is 5.79. The first-order valence-corrected chi connectivity index (χ1v) is 8.92. The van der Waals surface area contributed by atoms with Crippen LogP contribution in [-0.4, -0.2) is 20.7 Å². The molecule has 0 saturated heterocycles. The molecule has 0 spiro atoms. The zero-order valence-electron chi connectivity index (χ0n) is 12.6. The summed E-state index contributed by atoms with van der Waals surface area (Å²) in [7, 11) is -3.39. The van der Waals surface area contributed by atoms with Gasteiger partial charge in [-0.1, -0.05) is 23.7 Å². The van der Waals surface area contributed by atoms with Crippen molar-refractivity contribution in [3.05, 3.63) is 53.1 Å². The van der Waals surface area contributed by atoms with Crippen LogP contribution in [0.3, 0.4) is 0 Å². The number of hydrogen-bond acceptors (Lipinski definition) is 3. The van der Waals surface area contributed by atoms with E-state index >= 15 is 0 Å². The lowest BCUT2D eigenvalue weighted by Crippen LogP contribution is -2.19. The van der Waals surface area contributed by atoms with E-state index < -0.39 is 16.1 Å². The molecule has 0 bridgehead atoms. The van der Waals surface area contributed by atoms with E-state index in [1.165, 1.54) is 0 Å². The number of anilines is 3. The van der Waals surface area contributed by atoms with Crippen molar-refractivity contribution in [3.8, 4) is 0 Å². The van der Waals surface area contributed by atoms with Crippen molar-refractivity contribution in [1.29, 1.82) is 0 Å². The molecule has 0 aliphatic rings. The molecule has 0 atom stereocenters. The van der Waals surface area contributed by atoms with Gasteiger partial charge >= 0.3 is 6.03 Å². The van der Waals surface area contributed by atoms with Crippen molar-refractivity contribution in [3.63, 3.8) is 0 Å². The van der Waals surface area contributed by atoms with Crippen LogP contribution < -0.4 is 15.4 Å². The first-order valence-electron chi connectivity index (χ1n) is 6.65. The minimum atomic E-state index is -3.39. The number of benzene rings is 2. The Labute approximate surface area is 139 Å². The third kappa shape index (κ3) is 5.46. The van der Waals surface area contributed by atoms with E-state index in [2.05, 4.69) is 15.4 Å². The number of carbonyl (C=O) groups excluding carboxylic acids is 1. The molecule has 0 aliphatic heterocycles. The topological polar surface area (TPSA) is 87.3 Å². The van der Waals surface area contributed by atoms with E-state index in [0.717, 1.165) is 11.8 Å². The Bertz CT molecular complexity index is 838. The van der Waals surface area contributed by atoms with Crippen LogP contribution in [0.1, 0.15) is 5.56 Å². The van der Waals surface area contributed by atoms with Crippen LogP contribution in [0.5, 0.6) is 0 Å². The molecular formula is C15H16ClN3O3S. The second kappa shape index (κ2) is 6.89. The van der Waals surface area contributed by atoms with E-state index in [1.807, 2.05) is 0 Å². The Kier molecular flexibility index (Phi) is 5.12. The fourth-order valence-electron chi connectivity index (χ4n) is 1.87. The standard InChI is InChI=1S/C15H16ClN3O3S/c1-10-6-7-13(9-14(10)19-23(2,21)22)18-15(20)17-12-5-3-4-11(16)8-12/h3-9,19H,1-2H3,(H2,17,18,20). The van der Waals surface area contributed by atoms with Gasteiger partial charge in [-0.05, 0) is 42.8 Å². The highest BCUT2D eigenvalue weighted by molar-refractivity contribution is 7.92. The van der Waals surface area contributed by atoms with Crippen LogP contribution in [0.2, 0.25) is 5.02 Å². The Morgan fingerprint density at radius 2 is 1.70 bits per heavy atom. The highest BCUT2D eigenvalue weighted by Gasteiger charge is 2.08. The maximum atomic E-state index is 12.0. The zero-order chi connectivity index (χ0) is 17.0. The molecule has 3 N–H and O–H groups in total. The van der Waals surface area contributed by atoms with Crippen molar-refractivity contribution in [2.75, 3.05) is 21.6 Å². The number of hydrogen-bond donors (Lipinski definition) is 3. The van der Waals surface area contributed by atoms with Crippen molar-refractivity contribution in [2.45, 2.75) is 6.92 Å². The van der Waals surface area contributed by atoms with Gasteiger partial charge in [0.1, 0.15) is 0 Å². The van der Waals surface area contributed by atoms with Gasteiger partial charge in [0.25, 0.3) is 0 Å². The fourth-order valence-corrected chi connectivity index (χ4v) is 2.68. The minimum Gasteiger partial charge on any atom is -0.308 e. The first-order chi connectivity index (χ1) is 10.7. The molecule has 0 saturated carbocycles. The molecule has 0 aliphatic carbocycles. The molecule has 2 rings (SSSR count). The lowest BCUT2D eigenvalue weighted by molar-refractivity contribution is 0.262. The highest BCUT2D eigenvalue weighted by atomic mass is 35.5. The van der Waals surface area contributed by atoms with Crippen molar-refractivity contribution in [2.24, 2.45) is 0 Å². The average molecular weight is 354 g/mol. The monoisotopic (exact) mass is 353 g/mol. The Hall–Kier alpha value is -2.25. The van der Waals surface area contributed by atoms with Crippen LogP contribution in [-0.2, 0) is 10.0 Å². The van der Waals surface area contributed by atoms with Crippen molar-refractivity contribution in [1.82, 2.24) is 0 Å². The average Bonchev–Trinajstić information content (AvgIpc) is 2.41. The number of urea groups is 1. The van der Waals surface area contributed by atoms with Gasteiger partial charge in [-0.15, -0.1) is 0 Å². The second-order valence-corrected chi connectivity index (χ2v) is 7.18. The number of nitrogens with one attached hydrogen (secondary N) is 3. The van der Waals surface area contributed by atoms with Gasteiger partial charge in [0, 0.05) is 16.4 Å². The largest absolute Gasteiger partial charge is 0.323 e. The van der Waals surface area contributed by atoms with Crippen LogP contribution in [0.25, 0.3) is 0 Å². The molecule has 0 unspecified atom stereocenters. The van der Waals surface area contributed by atoms with E-state index in [4.69, 9.17) is 11.6 Å². The lowest BCUT2D eigenvalue weighted by atomic mass is 10.2. The molecule has 2 aromatic carbocycles. The van der Waals surface area contributed by atoms with E-state index in [9.17, 15) is 13.2 Å². The second-order valence-electron chi connectivity index (χ2n) is 4.99. The fraction of sp³-hybridized carbons (Fsp3) is 0.133. The van der Waals surface area contributed by atoms with Crippen LogP contribution in [0.4, 0.5) is 21.9 Å². The van der Waals surface area contributed by atoms with Crippen LogP contribution >= 0.6 is 11.6 Å². The Balaban J connectivity index is 2.10. The summed E-state index contributed by atoms with van der Waals surface area (Å²) in [6.07, 6.45) is 1.07. The summed E-state index contributed by atoms with van der Waals surface area (Å²) < 4.78 is 25.1. The maximum absolute atomic E-state index is 12.0. The van der Waals surface area contributed by atoms with Gasteiger partial charge in [0.05, 0.1) is 11.9 Å². The number of carbonyl (C=O) groups is 1. The molecular weight excluding hydrogens is 338 g/mol. The molecule has 0 heterocycles. The van der Waals surface area contributed by atoms with Gasteiger partial charge in [-0.2, -0.15) is 0 Å². The molecule has 2 amide bonds. The molecule has 0 fully saturated rings. The Morgan fingerprint density at radius 3 is 2.30 bits per heavy atom. The molecule has 6 nitrogen and oxygen atoms in total. The number of halogens is 1. The van der Waals surface area contributed by atoms with Crippen molar-refractivity contribution < 1.29 is 13.2 Å². The summed E-state index contributed by atoms with van der Waals surface area (Å²) in [6, 6.07) is 11.2. The van der Waals surface area contributed by atoms with Crippen LogP contribution in [0, 0.1) is 6.92 Å². The summed E-state index contributed by atoms with van der Waals surface area (Å²) in [5.74, 6) is 0. The molecule has 23 heavy (non-hydrogen) atoms. The summed E-state index contributed by atoms with van der Waals surface area (Å²) in [6.45, 7) is 1.77. The van der Waals surface area contributed by atoms with E-state index in [0.29, 0.717) is 22.1 Å². The molecule has 2 aromatic rings. The van der Waals surface area contributed by atoms with E-state index in [-0.39, 0.29) is 0 Å². The van der Waals surface area contributed by atoms with Gasteiger partial charge in [-0.3, -0.25) is 4.72 Å². The van der Waals surface area contributed by atoms with Gasteiger partial charge < -0.3 is 10.6 Å². The van der Waals surface area contributed by atoms with Gasteiger partial charge in [-0.25, -0.2) is 13.2 Å². The van der Waals surface area contributed by atoms with Gasteiger partial charge in [0.15, 0.2) is 0 Å². The predicted octanol–water partition coefficient (Wildman–Crippen LogP) is 3.66. The van der Waals surface area contributed by atoms with Crippen molar-refractivity contribution >= 4 is 44.7 Å². The first kappa shape index (κ1) is 17.1. The minimum absolute atomic E-state index is 0.410. The maximum Gasteiger partial charge on any atom is 0.323 e. The van der Waals surface area contributed by atoms with Crippen LogP contribution in [0.15, 0.2) is 42.5 Å². The number of aryl methyl sites for hydroxylation is 1. The molecule has 0 aromatic heterocycles. The number of amides is 2. The summed E-state index contributed by atoms with van der Waals surface area (Å²) in [5.41, 5.74) is 2.17. The summed E-state index contributed by atoms with van der Waals surface area (Å²) >= 11 is 5.85. The number of sulfonamides is 1. The Morgan fingerprint density at radius 1 is 1.04 bits per heavy atom. The quantitative estimate of drug-likeness (QED) is 0.783. The molecule has 0 radical (unpaired) electrons. The SMILES string of the molecule is Cc1ccc(NC(=O)Nc2cccc(Cl)c2)cc1NS(C)(=O)=O. The van der Waals surface area contributed by atoms with E-state index in [1.54, 1.807) is 49.4 Å². The highest BCUT2D eigenvalue weighted by Crippen LogP contribution is 2.21. The smallest absolute Gasteiger partial charge is 0.308 e. The third-order valence-electron chi connectivity index (χ3n) is 2.87. The number of rotatable bonds is 4. The van der Waals surface area contributed by atoms with Gasteiger partial charge in [0.2, 0.25) is 10.0 Å². The molecule has 8 heteroatoms. The normalized spacial score (nSPS) is 10.9.